The molecule has 0 saturated heterocycles. The lowest BCUT2D eigenvalue weighted by atomic mass is 9.98. The highest BCUT2D eigenvalue weighted by Crippen LogP contribution is 2.32. The molecule has 1 aromatic rings. The van der Waals surface area contributed by atoms with Crippen molar-refractivity contribution in [1.29, 1.82) is 0 Å². The standard InChI is InChI=1S/C12H18Cl2N2/c1-4-5-12(2,3)16-11-7-9(14)8(13)6-10(11)15/h6-7,16H,4-5,15H2,1-3H3. The molecule has 3 N–H and O–H groups in total. The summed E-state index contributed by atoms with van der Waals surface area (Å²) >= 11 is 11.8. The van der Waals surface area contributed by atoms with E-state index in [1.807, 2.05) is 0 Å². The third-order valence-electron chi connectivity index (χ3n) is 2.44. The van der Waals surface area contributed by atoms with Crippen molar-refractivity contribution in [3.05, 3.63) is 22.2 Å². The minimum Gasteiger partial charge on any atom is -0.397 e. The third-order valence-corrected chi connectivity index (χ3v) is 3.16. The van der Waals surface area contributed by atoms with Gasteiger partial charge in [0.15, 0.2) is 0 Å². The van der Waals surface area contributed by atoms with Gasteiger partial charge in [0.1, 0.15) is 0 Å². The molecule has 0 unspecified atom stereocenters. The van der Waals surface area contributed by atoms with E-state index in [1.54, 1.807) is 12.1 Å². The molecule has 0 heterocycles. The molecule has 0 aliphatic heterocycles. The van der Waals surface area contributed by atoms with Crippen molar-refractivity contribution in [2.45, 2.75) is 39.2 Å². The number of nitrogens with two attached hydrogens (primary N) is 1. The highest BCUT2D eigenvalue weighted by atomic mass is 35.5. The maximum absolute atomic E-state index is 5.96. The summed E-state index contributed by atoms with van der Waals surface area (Å²) in [5, 5.41) is 4.39. The lowest BCUT2D eigenvalue weighted by Gasteiger charge is -2.28. The van der Waals surface area contributed by atoms with Crippen molar-refractivity contribution in [2.24, 2.45) is 0 Å². The smallest absolute Gasteiger partial charge is 0.0614 e. The van der Waals surface area contributed by atoms with Crippen LogP contribution in [0.25, 0.3) is 0 Å². The van der Waals surface area contributed by atoms with E-state index >= 15 is 0 Å². The van der Waals surface area contributed by atoms with E-state index in [-0.39, 0.29) is 5.54 Å². The van der Waals surface area contributed by atoms with Crippen molar-refractivity contribution in [3.8, 4) is 0 Å². The fraction of sp³-hybridized carbons (Fsp3) is 0.500. The van der Waals surface area contributed by atoms with Gasteiger partial charge in [0, 0.05) is 5.54 Å². The number of benzene rings is 1. The fourth-order valence-electron chi connectivity index (χ4n) is 1.72. The Morgan fingerprint density at radius 3 is 2.38 bits per heavy atom. The van der Waals surface area contributed by atoms with E-state index in [0.717, 1.165) is 18.5 Å². The van der Waals surface area contributed by atoms with Crippen molar-refractivity contribution < 1.29 is 0 Å². The summed E-state index contributed by atoms with van der Waals surface area (Å²) in [6.07, 6.45) is 2.17. The van der Waals surface area contributed by atoms with E-state index in [9.17, 15) is 0 Å². The number of hydrogen-bond donors (Lipinski definition) is 2. The van der Waals surface area contributed by atoms with Crippen LogP contribution in [0.1, 0.15) is 33.6 Å². The first kappa shape index (κ1) is 13.5. The van der Waals surface area contributed by atoms with Crippen molar-refractivity contribution in [2.75, 3.05) is 11.1 Å². The first-order chi connectivity index (χ1) is 7.35. The van der Waals surface area contributed by atoms with Gasteiger partial charge >= 0.3 is 0 Å². The molecule has 0 atom stereocenters. The second-order valence-corrected chi connectivity index (χ2v) is 5.43. The van der Waals surface area contributed by atoms with Gasteiger partial charge in [-0.1, -0.05) is 36.5 Å². The Morgan fingerprint density at radius 1 is 1.25 bits per heavy atom. The third kappa shape index (κ3) is 3.46. The fourth-order valence-corrected chi connectivity index (χ4v) is 2.06. The molecule has 0 fully saturated rings. The average Bonchev–Trinajstić information content (AvgIpc) is 2.13. The van der Waals surface area contributed by atoms with Crippen LogP contribution in [0.4, 0.5) is 11.4 Å². The SMILES string of the molecule is CCCC(C)(C)Nc1cc(Cl)c(Cl)cc1N. The van der Waals surface area contributed by atoms with Crippen molar-refractivity contribution in [3.63, 3.8) is 0 Å². The Kier molecular flexibility index (Phi) is 4.34. The van der Waals surface area contributed by atoms with E-state index in [0.29, 0.717) is 15.7 Å². The van der Waals surface area contributed by atoms with Crippen LogP contribution in [-0.4, -0.2) is 5.54 Å². The van der Waals surface area contributed by atoms with Gasteiger partial charge in [-0.2, -0.15) is 0 Å². The largest absolute Gasteiger partial charge is 0.397 e. The van der Waals surface area contributed by atoms with Gasteiger partial charge in [0.2, 0.25) is 0 Å². The molecule has 0 radical (unpaired) electrons. The highest BCUT2D eigenvalue weighted by Gasteiger charge is 2.17. The number of hydrogen-bond acceptors (Lipinski definition) is 2. The van der Waals surface area contributed by atoms with Gasteiger partial charge in [-0.25, -0.2) is 0 Å². The predicted molar refractivity (Wildman–Crippen MR) is 73.5 cm³/mol. The first-order valence-corrected chi connectivity index (χ1v) is 6.14. The number of halogens is 2. The zero-order chi connectivity index (χ0) is 12.3. The summed E-state index contributed by atoms with van der Waals surface area (Å²) in [6.45, 7) is 6.43. The number of anilines is 2. The summed E-state index contributed by atoms with van der Waals surface area (Å²) in [4.78, 5) is 0. The summed E-state index contributed by atoms with van der Waals surface area (Å²) in [5.41, 5.74) is 7.35. The minimum absolute atomic E-state index is 0.0000282. The lowest BCUT2D eigenvalue weighted by Crippen LogP contribution is -2.30. The Hall–Kier alpha value is -0.600. The molecule has 0 saturated carbocycles. The van der Waals surface area contributed by atoms with Crippen LogP contribution in [0.5, 0.6) is 0 Å². The van der Waals surface area contributed by atoms with Crippen LogP contribution in [0.3, 0.4) is 0 Å². The first-order valence-electron chi connectivity index (χ1n) is 5.38. The molecule has 0 amide bonds. The quantitative estimate of drug-likeness (QED) is 0.779. The molecule has 1 aromatic carbocycles. The van der Waals surface area contributed by atoms with Gasteiger partial charge in [-0.15, -0.1) is 0 Å². The molecule has 0 aliphatic carbocycles. The van der Waals surface area contributed by atoms with Crippen LogP contribution in [0.2, 0.25) is 10.0 Å². The summed E-state index contributed by atoms with van der Waals surface area (Å²) in [7, 11) is 0. The molecular weight excluding hydrogens is 243 g/mol. The van der Waals surface area contributed by atoms with Crippen molar-refractivity contribution in [1.82, 2.24) is 0 Å². The van der Waals surface area contributed by atoms with Crippen LogP contribution < -0.4 is 11.1 Å². The normalized spacial score (nSPS) is 11.6. The summed E-state index contributed by atoms with van der Waals surface area (Å²) < 4.78 is 0. The molecule has 1 rings (SSSR count). The van der Waals surface area contributed by atoms with Crippen LogP contribution in [-0.2, 0) is 0 Å². The number of rotatable bonds is 4. The second-order valence-electron chi connectivity index (χ2n) is 4.61. The molecule has 0 bridgehead atoms. The Balaban J connectivity index is 2.93. The monoisotopic (exact) mass is 260 g/mol. The minimum atomic E-state index is 0.0000282. The van der Waals surface area contributed by atoms with Gasteiger partial charge in [-0.3, -0.25) is 0 Å². The van der Waals surface area contributed by atoms with Gasteiger partial charge < -0.3 is 11.1 Å². The highest BCUT2D eigenvalue weighted by molar-refractivity contribution is 6.42. The van der Waals surface area contributed by atoms with E-state index < -0.39 is 0 Å². The molecule has 2 nitrogen and oxygen atoms in total. The molecule has 16 heavy (non-hydrogen) atoms. The van der Waals surface area contributed by atoms with E-state index in [1.165, 1.54) is 0 Å². The maximum atomic E-state index is 5.96. The van der Waals surface area contributed by atoms with Gasteiger partial charge in [0.25, 0.3) is 0 Å². The zero-order valence-corrected chi connectivity index (χ0v) is 11.4. The molecular formula is C12H18Cl2N2. The lowest BCUT2D eigenvalue weighted by molar-refractivity contribution is 0.511. The van der Waals surface area contributed by atoms with Crippen LogP contribution in [0.15, 0.2) is 12.1 Å². The Labute approximate surface area is 107 Å². The van der Waals surface area contributed by atoms with Gasteiger partial charge in [0.05, 0.1) is 21.4 Å². The predicted octanol–water partition coefficient (Wildman–Crippen LogP) is 4.57. The molecule has 90 valence electrons. The average molecular weight is 261 g/mol. The van der Waals surface area contributed by atoms with Gasteiger partial charge in [-0.05, 0) is 32.4 Å². The number of nitrogen functional groups attached to an aromatic ring is 1. The van der Waals surface area contributed by atoms with E-state index in [2.05, 4.69) is 26.1 Å². The molecule has 4 heteroatoms. The second kappa shape index (κ2) is 5.15. The van der Waals surface area contributed by atoms with Crippen LogP contribution in [0, 0.1) is 0 Å². The summed E-state index contributed by atoms with van der Waals surface area (Å²) in [6, 6.07) is 3.45. The number of nitrogens with one attached hydrogen (secondary N) is 1. The zero-order valence-electron chi connectivity index (χ0n) is 9.90. The topological polar surface area (TPSA) is 38.0 Å². The molecule has 0 spiro atoms. The van der Waals surface area contributed by atoms with E-state index in [4.69, 9.17) is 28.9 Å². The molecule has 0 aromatic heterocycles. The van der Waals surface area contributed by atoms with Crippen molar-refractivity contribution >= 4 is 34.6 Å². The van der Waals surface area contributed by atoms with Crippen LogP contribution >= 0.6 is 23.2 Å². The summed E-state index contributed by atoms with van der Waals surface area (Å²) in [5.74, 6) is 0. The Morgan fingerprint density at radius 2 is 1.81 bits per heavy atom. The Bertz CT molecular complexity index is 376. The maximum Gasteiger partial charge on any atom is 0.0614 e. The molecule has 0 aliphatic rings.